The molecule has 146 valence electrons. The number of carbonyl (C=O) groups is 1. The first kappa shape index (κ1) is 22.4. The molecule has 0 saturated carbocycles. The van der Waals surface area contributed by atoms with Crippen LogP contribution in [-0.4, -0.2) is 32.9 Å². The van der Waals surface area contributed by atoms with Crippen molar-refractivity contribution < 1.29 is 17.9 Å². The quantitative estimate of drug-likeness (QED) is 0.431. The highest BCUT2D eigenvalue weighted by atomic mass is 35.5. The molecule has 0 spiro atoms. The third-order valence-electron chi connectivity index (χ3n) is 3.24. The van der Waals surface area contributed by atoms with Gasteiger partial charge in [0.25, 0.3) is 0 Å². The predicted octanol–water partition coefficient (Wildman–Crippen LogP) is 5.81. The zero-order chi connectivity index (χ0) is 20.5. The molecule has 0 saturated heterocycles. The molecule has 0 unspecified atom stereocenters. The van der Waals surface area contributed by atoms with Crippen LogP contribution in [0.1, 0.15) is 0 Å². The van der Waals surface area contributed by atoms with Gasteiger partial charge in [0.15, 0.2) is 5.75 Å². The molecule has 2 aromatic carbocycles. The number of benzene rings is 2. The number of rotatable bonds is 4. The molecular weight excluding hydrogens is 482 g/mol. The van der Waals surface area contributed by atoms with Crippen molar-refractivity contribution in [1.82, 2.24) is 4.31 Å². The van der Waals surface area contributed by atoms with Crippen LogP contribution in [0.2, 0.25) is 25.1 Å². The molecule has 2 aromatic rings. The lowest BCUT2D eigenvalue weighted by Gasteiger charge is -2.14. The average molecular weight is 493 g/mol. The number of carbonyl (C=O) groups excluding carboxylic acids is 1. The second-order valence-corrected chi connectivity index (χ2v) is 9.27. The van der Waals surface area contributed by atoms with E-state index in [1.807, 2.05) is 0 Å². The Hall–Kier alpha value is -0.930. The number of sulfonamides is 1. The molecule has 0 aliphatic carbocycles. The van der Waals surface area contributed by atoms with Crippen LogP contribution >= 0.6 is 58.0 Å². The van der Waals surface area contributed by atoms with Gasteiger partial charge in [-0.15, -0.1) is 0 Å². The van der Waals surface area contributed by atoms with E-state index in [1.165, 1.54) is 38.4 Å². The van der Waals surface area contributed by atoms with Crippen molar-refractivity contribution in [2.45, 2.75) is 4.90 Å². The number of anilines is 1. The SMILES string of the molecule is CN(C)S(=O)(=O)c1ccc(NC(=O)Oc2c(Cl)c(Cl)c(Cl)c(Cl)c2Cl)cc1. The Bertz CT molecular complexity index is 965. The lowest BCUT2D eigenvalue weighted by atomic mass is 10.3. The minimum Gasteiger partial charge on any atom is -0.407 e. The van der Waals surface area contributed by atoms with Crippen LogP contribution in [0.4, 0.5) is 10.5 Å². The maximum absolute atomic E-state index is 12.1. The molecule has 0 aliphatic rings. The van der Waals surface area contributed by atoms with Crippen molar-refractivity contribution in [2.24, 2.45) is 0 Å². The molecule has 0 fully saturated rings. The summed E-state index contributed by atoms with van der Waals surface area (Å²) < 4.78 is 30.2. The Morgan fingerprint density at radius 1 is 0.889 bits per heavy atom. The number of hydrogen-bond acceptors (Lipinski definition) is 4. The fourth-order valence-corrected chi connectivity index (χ4v) is 3.93. The fourth-order valence-electron chi connectivity index (χ4n) is 1.83. The third kappa shape index (κ3) is 4.74. The van der Waals surface area contributed by atoms with Crippen molar-refractivity contribution in [2.75, 3.05) is 19.4 Å². The van der Waals surface area contributed by atoms with E-state index in [0.29, 0.717) is 0 Å². The summed E-state index contributed by atoms with van der Waals surface area (Å²) in [4.78, 5) is 12.2. The first-order chi connectivity index (χ1) is 12.5. The van der Waals surface area contributed by atoms with Crippen LogP contribution in [0.25, 0.3) is 0 Å². The van der Waals surface area contributed by atoms with Gasteiger partial charge in [-0.3, -0.25) is 5.32 Å². The summed E-state index contributed by atoms with van der Waals surface area (Å²) in [5, 5.41) is 1.73. The Morgan fingerprint density at radius 3 is 1.78 bits per heavy atom. The second kappa shape index (κ2) is 8.61. The topological polar surface area (TPSA) is 75.7 Å². The third-order valence-corrected chi connectivity index (χ3v) is 7.31. The summed E-state index contributed by atoms with van der Waals surface area (Å²) in [5.41, 5.74) is 0.274. The van der Waals surface area contributed by atoms with Crippen molar-refractivity contribution in [3.63, 3.8) is 0 Å². The molecule has 12 heteroatoms. The van der Waals surface area contributed by atoms with E-state index in [4.69, 9.17) is 62.7 Å². The van der Waals surface area contributed by atoms with E-state index in [2.05, 4.69) is 5.32 Å². The minimum atomic E-state index is -3.58. The van der Waals surface area contributed by atoms with Gasteiger partial charge in [-0.25, -0.2) is 17.5 Å². The van der Waals surface area contributed by atoms with Crippen LogP contribution in [0.15, 0.2) is 29.2 Å². The first-order valence-corrected chi connectivity index (χ1v) is 10.3. The van der Waals surface area contributed by atoms with E-state index in [0.717, 1.165) is 4.31 Å². The summed E-state index contributed by atoms with van der Waals surface area (Å²) in [7, 11) is -0.760. The molecule has 27 heavy (non-hydrogen) atoms. The van der Waals surface area contributed by atoms with Crippen molar-refractivity contribution in [1.29, 1.82) is 0 Å². The smallest absolute Gasteiger partial charge is 0.407 e. The number of halogens is 5. The molecule has 0 radical (unpaired) electrons. The Kier molecular flexibility index (Phi) is 7.13. The summed E-state index contributed by atoms with van der Waals surface area (Å²) in [6.07, 6.45) is -0.948. The highest BCUT2D eigenvalue weighted by Crippen LogP contribution is 2.48. The average Bonchev–Trinajstić information content (AvgIpc) is 2.62. The first-order valence-electron chi connectivity index (χ1n) is 6.99. The summed E-state index contributed by atoms with van der Waals surface area (Å²) >= 11 is 29.7. The summed E-state index contributed by atoms with van der Waals surface area (Å²) in [6.45, 7) is 0. The molecule has 2 rings (SSSR count). The lowest BCUT2D eigenvalue weighted by Crippen LogP contribution is -2.22. The predicted molar refractivity (Wildman–Crippen MR) is 108 cm³/mol. The zero-order valence-corrected chi connectivity index (χ0v) is 18.3. The Morgan fingerprint density at radius 2 is 1.33 bits per heavy atom. The molecule has 6 nitrogen and oxygen atoms in total. The zero-order valence-electron chi connectivity index (χ0n) is 13.7. The van der Waals surface area contributed by atoms with Gasteiger partial charge in [-0.2, -0.15) is 0 Å². The van der Waals surface area contributed by atoms with Crippen molar-refractivity contribution >= 4 is 79.8 Å². The summed E-state index contributed by atoms with van der Waals surface area (Å²) in [5.74, 6) is -0.262. The van der Waals surface area contributed by atoms with Crippen LogP contribution in [0.3, 0.4) is 0 Å². The van der Waals surface area contributed by atoms with E-state index >= 15 is 0 Å². The van der Waals surface area contributed by atoms with E-state index in [1.54, 1.807) is 0 Å². The molecular formula is C15H11Cl5N2O4S. The normalized spacial score (nSPS) is 11.6. The molecule has 0 aliphatic heterocycles. The lowest BCUT2D eigenvalue weighted by molar-refractivity contribution is 0.215. The monoisotopic (exact) mass is 490 g/mol. The Labute approximate surface area is 180 Å². The maximum atomic E-state index is 12.1. The number of ether oxygens (including phenoxy) is 1. The number of nitrogens with one attached hydrogen (secondary N) is 1. The number of nitrogens with zero attached hydrogens (tertiary/aromatic N) is 1. The van der Waals surface area contributed by atoms with Crippen molar-refractivity contribution in [3.05, 3.63) is 49.4 Å². The van der Waals surface area contributed by atoms with E-state index in [9.17, 15) is 13.2 Å². The van der Waals surface area contributed by atoms with Crippen molar-refractivity contribution in [3.8, 4) is 5.75 Å². The molecule has 1 amide bonds. The van der Waals surface area contributed by atoms with Gasteiger partial charge in [-0.05, 0) is 24.3 Å². The minimum absolute atomic E-state index is 0.0637. The highest BCUT2D eigenvalue weighted by molar-refractivity contribution is 7.89. The van der Waals surface area contributed by atoms with Gasteiger partial charge in [0, 0.05) is 19.8 Å². The number of hydrogen-bond donors (Lipinski definition) is 1. The standard InChI is InChI=1S/C15H11Cl5N2O4S/c1-22(2)27(24,25)8-5-3-7(4-6-8)21-15(23)26-14-12(19)10(17)9(16)11(18)13(14)20/h3-6H,1-2H3,(H,21,23). The number of amides is 1. The van der Waals surface area contributed by atoms with Crippen LogP contribution in [-0.2, 0) is 10.0 Å². The van der Waals surface area contributed by atoms with Gasteiger partial charge in [0.05, 0.1) is 20.0 Å². The second-order valence-electron chi connectivity index (χ2n) is 5.23. The van der Waals surface area contributed by atoms with E-state index in [-0.39, 0.29) is 41.4 Å². The molecule has 0 bridgehead atoms. The summed E-state index contributed by atoms with van der Waals surface area (Å²) in [6, 6.07) is 5.45. The molecule has 0 aromatic heterocycles. The van der Waals surface area contributed by atoms with E-state index < -0.39 is 16.1 Å². The molecule has 1 N–H and O–H groups in total. The maximum Gasteiger partial charge on any atom is 0.417 e. The van der Waals surface area contributed by atoms with Gasteiger partial charge in [-0.1, -0.05) is 58.0 Å². The molecule has 0 heterocycles. The van der Waals surface area contributed by atoms with Crippen LogP contribution < -0.4 is 10.1 Å². The van der Waals surface area contributed by atoms with Crippen LogP contribution in [0.5, 0.6) is 5.75 Å². The Balaban J connectivity index is 2.20. The van der Waals surface area contributed by atoms with Gasteiger partial charge < -0.3 is 4.74 Å². The largest absolute Gasteiger partial charge is 0.417 e. The van der Waals surface area contributed by atoms with Gasteiger partial charge >= 0.3 is 6.09 Å². The fraction of sp³-hybridized carbons (Fsp3) is 0.133. The van der Waals surface area contributed by atoms with Crippen LogP contribution in [0, 0.1) is 0 Å². The van der Waals surface area contributed by atoms with Gasteiger partial charge in [0.2, 0.25) is 10.0 Å². The highest BCUT2D eigenvalue weighted by Gasteiger charge is 2.23. The molecule has 0 atom stereocenters. The van der Waals surface area contributed by atoms with Gasteiger partial charge in [0.1, 0.15) is 10.0 Å².